The lowest BCUT2D eigenvalue weighted by Gasteiger charge is -2.38. The second kappa shape index (κ2) is 6.11. The van der Waals surface area contributed by atoms with Crippen molar-refractivity contribution in [1.82, 2.24) is 9.80 Å². The van der Waals surface area contributed by atoms with E-state index in [4.69, 9.17) is 0 Å². The molecule has 2 rings (SSSR count). The Morgan fingerprint density at radius 1 is 1.25 bits per heavy atom. The van der Waals surface area contributed by atoms with Crippen LogP contribution < -0.4 is 0 Å². The summed E-state index contributed by atoms with van der Waals surface area (Å²) in [6.07, 6.45) is -4.32. The van der Waals surface area contributed by atoms with Gasteiger partial charge in [-0.25, -0.2) is 0 Å². The van der Waals surface area contributed by atoms with Crippen molar-refractivity contribution in [2.45, 2.75) is 18.8 Å². The van der Waals surface area contributed by atoms with Gasteiger partial charge in [0, 0.05) is 32.2 Å². The number of alkyl halides is 3. The fourth-order valence-electron chi connectivity index (χ4n) is 2.53. The predicted molar refractivity (Wildman–Crippen MR) is 70.2 cm³/mol. The third kappa shape index (κ3) is 3.50. The van der Waals surface area contributed by atoms with E-state index >= 15 is 0 Å². The summed E-state index contributed by atoms with van der Waals surface area (Å²) in [5, 5.41) is 9.28. The quantitative estimate of drug-likeness (QED) is 0.919. The van der Waals surface area contributed by atoms with E-state index in [9.17, 15) is 18.3 Å². The van der Waals surface area contributed by atoms with Gasteiger partial charge in [0.05, 0.1) is 12.2 Å². The number of benzene rings is 1. The zero-order chi connectivity index (χ0) is 14.8. The van der Waals surface area contributed by atoms with Crippen LogP contribution in [0.25, 0.3) is 0 Å². The Morgan fingerprint density at radius 3 is 2.60 bits per heavy atom. The average Bonchev–Trinajstić information content (AvgIpc) is 2.40. The van der Waals surface area contributed by atoms with E-state index in [2.05, 4.69) is 0 Å². The predicted octanol–water partition coefficient (Wildman–Crippen LogP) is 1.81. The second-order valence-corrected chi connectivity index (χ2v) is 5.21. The summed E-state index contributed by atoms with van der Waals surface area (Å²) in [7, 11) is 1.92. The first-order chi connectivity index (χ1) is 9.41. The first-order valence-electron chi connectivity index (χ1n) is 6.60. The van der Waals surface area contributed by atoms with Crippen LogP contribution in [0.3, 0.4) is 0 Å². The van der Waals surface area contributed by atoms with Crippen LogP contribution >= 0.6 is 0 Å². The van der Waals surface area contributed by atoms with Gasteiger partial charge in [-0.05, 0) is 18.7 Å². The Morgan fingerprint density at radius 2 is 1.95 bits per heavy atom. The fourth-order valence-corrected chi connectivity index (χ4v) is 2.53. The van der Waals surface area contributed by atoms with Gasteiger partial charge in [-0.15, -0.1) is 0 Å². The van der Waals surface area contributed by atoms with Crippen LogP contribution in [0.5, 0.6) is 0 Å². The van der Waals surface area contributed by atoms with Crippen molar-refractivity contribution in [3.8, 4) is 0 Å². The van der Waals surface area contributed by atoms with E-state index in [0.717, 1.165) is 12.6 Å². The van der Waals surface area contributed by atoms with Gasteiger partial charge in [0.1, 0.15) is 0 Å². The van der Waals surface area contributed by atoms with Crippen molar-refractivity contribution in [1.29, 1.82) is 0 Å². The lowest BCUT2D eigenvalue weighted by Crippen LogP contribution is -2.52. The molecule has 0 spiro atoms. The summed E-state index contributed by atoms with van der Waals surface area (Å²) >= 11 is 0. The topological polar surface area (TPSA) is 26.7 Å². The number of hydrogen-bond donors (Lipinski definition) is 1. The molecule has 1 aromatic carbocycles. The van der Waals surface area contributed by atoms with Crippen LogP contribution in [0, 0.1) is 0 Å². The molecule has 1 saturated heterocycles. The van der Waals surface area contributed by atoms with E-state index in [-0.39, 0.29) is 19.2 Å². The number of aliphatic hydroxyl groups excluding tert-OH is 1. The minimum absolute atomic E-state index is 0.0122. The molecule has 6 heteroatoms. The number of hydrogen-bond acceptors (Lipinski definition) is 3. The Balaban J connectivity index is 2.11. The Bertz CT molecular complexity index is 450. The molecule has 1 aliphatic rings. The van der Waals surface area contributed by atoms with Crippen LogP contribution in [0.15, 0.2) is 24.3 Å². The molecule has 20 heavy (non-hydrogen) atoms. The minimum Gasteiger partial charge on any atom is -0.395 e. The molecule has 0 aromatic heterocycles. The number of rotatable bonds is 3. The Hall–Kier alpha value is -1.11. The van der Waals surface area contributed by atoms with Gasteiger partial charge in [-0.1, -0.05) is 18.2 Å². The third-order valence-corrected chi connectivity index (χ3v) is 3.79. The van der Waals surface area contributed by atoms with E-state index in [1.165, 1.54) is 12.1 Å². The summed E-state index contributed by atoms with van der Waals surface area (Å²) in [6.45, 7) is 2.33. The van der Waals surface area contributed by atoms with Crippen molar-refractivity contribution >= 4 is 0 Å². The largest absolute Gasteiger partial charge is 0.416 e. The molecule has 1 aliphatic heterocycles. The SMILES string of the molecule is CN1CCN(Cc2ccccc2C(F)(F)F)C[C@@H]1CO. The molecule has 1 atom stereocenters. The molecule has 0 aliphatic carbocycles. The summed E-state index contributed by atoms with van der Waals surface area (Å²) in [5.41, 5.74) is -0.277. The molecule has 112 valence electrons. The maximum atomic E-state index is 12.9. The Kier molecular flexibility index (Phi) is 4.67. The third-order valence-electron chi connectivity index (χ3n) is 3.79. The van der Waals surface area contributed by atoms with Gasteiger partial charge in [0.25, 0.3) is 0 Å². The van der Waals surface area contributed by atoms with E-state index < -0.39 is 11.7 Å². The maximum Gasteiger partial charge on any atom is 0.416 e. The van der Waals surface area contributed by atoms with Crippen LogP contribution in [0.4, 0.5) is 13.2 Å². The first-order valence-corrected chi connectivity index (χ1v) is 6.60. The number of piperazine rings is 1. The molecule has 1 aromatic rings. The van der Waals surface area contributed by atoms with E-state index in [0.29, 0.717) is 18.7 Å². The van der Waals surface area contributed by atoms with Crippen LogP contribution in [0.1, 0.15) is 11.1 Å². The lowest BCUT2D eigenvalue weighted by molar-refractivity contribution is -0.138. The highest BCUT2D eigenvalue weighted by molar-refractivity contribution is 5.29. The highest BCUT2D eigenvalue weighted by Gasteiger charge is 2.33. The van der Waals surface area contributed by atoms with Crippen molar-refractivity contribution in [3.63, 3.8) is 0 Å². The molecule has 0 saturated carbocycles. The van der Waals surface area contributed by atoms with Gasteiger partial charge in [0.15, 0.2) is 0 Å². The fraction of sp³-hybridized carbons (Fsp3) is 0.571. The maximum absolute atomic E-state index is 12.9. The van der Waals surface area contributed by atoms with E-state index in [1.54, 1.807) is 6.07 Å². The second-order valence-electron chi connectivity index (χ2n) is 5.21. The molecular weight excluding hydrogens is 269 g/mol. The van der Waals surface area contributed by atoms with Crippen molar-refractivity contribution < 1.29 is 18.3 Å². The molecular formula is C14H19F3N2O. The average molecular weight is 288 g/mol. The molecule has 0 amide bonds. The van der Waals surface area contributed by atoms with Gasteiger partial charge < -0.3 is 5.11 Å². The lowest BCUT2D eigenvalue weighted by atomic mass is 10.1. The summed E-state index contributed by atoms with van der Waals surface area (Å²) in [6, 6.07) is 5.67. The van der Waals surface area contributed by atoms with Gasteiger partial charge >= 0.3 is 6.18 Å². The standard InChI is InChI=1S/C14H19F3N2O/c1-18-6-7-19(9-12(18)10-20)8-11-4-2-3-5-13(11)14(15,16)17/h2-5,12,20H,6-10H2,1H3/t12-/m1/s1. The smallest absolute Gasteiger partial charge is 0.395 e. The van der Waals surface area contributed by atoms with Crippen molar-refractivity contribution in [3.05, 3.63) is 35.4 Å². The molecule has 0 unspecified atom stereocenters. The summed E-state index contributed by atoms with van der Waals surface area (Å²) in [4.78, 5) is 4.00. The molecule has 0 radical (unpaired) electrons. The number of aliphatic hydroxyl groups is 1. The molecule has 1 N–H and O–H groups in total. The minimum atomic E-state index is -4.32. The number of nitrogens with zero attached hydrogens (tertiary/aromatic N) is 2. The van der Waals surface area contributed by atoms with Gasteiger partial charge in [-0.2, -0.15) is 13.2 Å². The van der Waals surface area contributed by atoms with Crippen LogP contribution in [-0.2, 0) is 12.7 Å². The van der Waals surface area contributed by atoms with Crippen LogP contribution in [-0.4, -0.2) is 54.2 Å². The first kappa shape index (κ1) is 15.3. The van der Waals surface area contributed by atoms with Crippen molar-refractivity contribution in [2.75, 3.05) is 33.3 Å². The van der Waals surface area contributed by atoms with Crippen LogP contribution in [0.2, 0.25) is 0 Å². The molecule has 0 bridgehead atoms. The number of likely N-dealkylation sites (N-methyl/N-ethyl adjacent to an activating group) is 1. The highest BCUT2D eigenvalue weighted by atomic mass is 19.4. The van der Waals surface area contributed by atoms with E-state index in [1.807, 2.05) is 16.8 Å². The zero-order valence-electron chi connectivity index (χ0n) is 11.4. The van der Waals surface area contributed by atoms with Gasteiger partial charge in [-0.3, -0.25) is 9.80 Å². The van der Waals surface area contributed by atoms with Crippen molar-refractivity contribution in [2.24, 2.45) is 0 Å². The molecule has 3 nitrogen and oxygen atoms in total. The summed E-state index contributed by atoms with van der Waals surface area (Å²) < 4.78 is 38.8. The zero-order valence-corrected chi connectivity index (χ0v) is 11.4. The molecule has 1 heterocycles. The Labute approximate surface area is 116 Å². The molecule has 1 fully saturated rings. The number of halogens is 3. The normalized spacial score (nSPS) is 22.1. The van der Waals surface area contributed by atoms with Gasteiger partial charge in [0.2, 0.25) is 0 Å². The monoisotopic (exact) mass is 288 g/mol. The summed E-state index contributed by atoms with van der Waals surface area (Å²) in [5.74, 6) is 0. The highest BCUT2D eigenvalue weighted by Crippen LogP contribution is 2.32.